The van der Waals surface area contributed by atoms with Gasteiger partial charge in [-0.1, -0.05) is 13.0 Å². The van der Waals surface area contributed by atoms with Crippen LogP contribution in [0, 0.1) is 18.8 Å². The van der Waals surface area contributed by atoms with Gasteiger partial charge in [0.15, 0.2) is 0 Å². The summed E-state index contributed by atoms with van der Waals surface area (Å²) in [7, 11) is 1.59. The molecule has 2 amide bonds. The number of hydrogen-bond donors (Lipinski definition) is 2. The van der Waals surface area contributed by atoms with Crippen molar-refractivity contribution in [1.82, 2.24) is 10.6 Å². The van der Waals surface area contributed by atoms with Crippen molar-refractivity contribution in [3.63, 3.8) is 0 Å². The molecule has 0 bridgehead atoms. The summed E-state index contributed by atoms with van der Waals surface area (Å²) in [4.78, 5) is 26.8. The first-order valence-electron chi connectivity index (χ1n) is 8.95. The molecule has 0 aliphatic carbocycles. The van der Waals surface area contributed by atoms with Crippen molar-refractivity contribution >= 4 is 17.5 Å². The summed E-state index contributed by atoms with van der Waals surface area (Å²) in [5.74, 6) is 0.721. The van der Waals surface area contributed by atoms with Crippen LogP contribution in [0.1, 0.15) is 25.3 Å². The quantitative estimate of drug-likeness (QED) is 0.867. The third kappa shape index (κ3) is 3.79. The second-order valence-electron chi connectivity index (χ2n) is 7.17. The first-order valence-corrected chi connectivity index (χ1v) is 8.95. The number of aryl methyl sites for hydroxylation is 1. The maximum Gasteiger partial charge on any atom is 0.227 e. The van der Waals surface area contributed by atoms with E-state index in [1.165, 1.54) is 0 Å². The number of methoxy groups -OCH3 is 1. The minimum absolute atomic E-state index is 0.0128. The van der Waals surface area contributed by atoms with Crippen LogP contribution in [0.25, 0.3) is 0 Å². The Kier molecular flexibility index (Phi) is 5.27. The Morgan fingerprint density at radius 3 is 2.92 bits per heavy atom. The van der Waals surface area contributed by atoms with Crippen LogP contribution in [-0.2, 0) is 9.59 Å². The van der Waals surface area contributed by atoms with E-state index in [1.807, 2.05) is 25.1 Å². The molecule has 3 atom stereocenters. The number of nitrogens with zero attached hydrogens (tertiary/aromatic N) is 1. The predicted octanol–water partition coefficient (Wildman–Crippen LogP) is 1.47. The number of anilines is 1. The zero-order chi connectivity index (χ0) is 18.0. The maximum atomic E-state index is 12.7. The van der Waals surface area contributed by atoms with Gasteiger partial charge in [-0.15, -0.1) is 0 Å². The van der Waals surface area contributed by atoms with Crippen molar-refractivity contribution in [2.45, 2.75) is 32.7 Å². The topological polar surface area (TPSA) is 70.7 Å². The number of carbonyl (C=O) groups excluding carboxylic acids is 2. The van der Waals surface area contributed by atoms with Gasteiger partial charge in [-0.3, -0.25) is 9.59 Å². The highest BCUT2D eigenvalue weighted by Crippen LogP contribution is 2.34. The van der Waals surface area contributed by atoms with E-state index in [-0.39, 0.29) is 30.2 Å². The van der Waals surface area contributed by atoms with E-state index in [4.69, 9.17) is 4.74 Å². The van der Waals surface area contributed by atoms with Crippen molar-refractivity contribution in [3.05, 3.63) is 23.8 Å². The molecule has 2 heterocycles. The fraction of sp³-hybridized carbons (Fsp3) is 0.579. The predicted molar refractivity (Wildman–Crippen MR) is 96.8 cm³/mol. The van der Waals surface area contributed by atoms with Crippen molar-refractivity contribution in [2.75, 3.05) is 31.6 Å². The molecule has 1 aromatic rings. The van der Waals surface area contributed by atoms with Crippen molar-refractivity contribution in [2.24, 2.45) is 11.8 Å². The van der Waals surface area contributed by atoms with Gasteiger partial charge in [-0.25, -0.2) is 0 Å². The number of benzene rings is 1. The Morgan fingerprint density at radius 1 is 1.40 bits per heavy atom. The molecule has 3 rings (SSSR count). The number of hydrogen-bond acceptors (Lipinski definition) is 4. The Balaban J connectivity index is 1.70. The summed E-state index contributed by atoms with van der Waals surface area (Å²) < 4.78 is 5.39. The summed E-state index contributed by atoms with van der Waals surface area (Å²) >= 11 is 0. The number of nitrogens with one attached hydrogen (secondary N) is 2. The molecule has 2 aliphatic heterocycles. The lowest BCUT2D eigenvalue weighted by atomic mass is 9.94. The number of carbonyl (C=O) groups is 2. The Morgan fingerprint density at radius 2 is 2.20 bits per heavy atom. The molecule has 6 heteroatoms. The Hall–Kier alpha value is -2.08. The molecule has 1 aromatic carbocycles. The minimum atomic E-state index is -0.306. The molecule has 2 saturated heterocycles. The number of ether oxygens (including phenoxy) is 1. The van der Waals surface area contributed by atoms with Crippen LogP contribution < -0.4 is 20.3 Å². The smallest absolute Gasteiger partial charge is 0.227 e. The normalized spacial score (nSPS) is 26.6. The van der Waals surface area contributed by atoms with E-state index in [0.29, 0.717) is 18.2 Å². The van der Waals surface area contributed by atoms with Crippen LogP contribution in [-0.4, -0.2) is 44.6 Å². The summed E-state index contributed by atoms with van der Waals surface area (Å²) in [6.07, 6.45) is 1.19. The third-order valence-corrected chi connectivity index (χ3v) is 5.23. The molecule has 0 radical (unpaired) electrons. The zero-order valence-corrected chi connectivity index (χ0v) is 15.2. The molecule has 0 spiro atoms. The molecule has 136 valence electrons. The minimum Gasteiger partial charge on any atom is -0.495 e. The van der Waals surface area contributed by atoms with E-state index < -0.39 is 0 Å². The summed E-state index contributed by atoms with van der Waals surface area (Å²) in [5, 5.41) is 6.49. The van der Waals surface area contributed by atoms with Gasteiger partial charge >= 0.3 is 0 Å². The lowest BCUT2D eigenvalue weighted by Gasteiger charge is -2.31. The van der Waals surface area contributed by atoms with Gasteiger partial charge in [0, 0.05) is 19.0 Å². The lowest BCUT2D eigenvalue weighted by Crippen LogP contribution is -2.50. The highest BCUT2D eigenvalue weighted by atomic mass is 16.5. The lowest BCUT2D eigenvalue weighted by molar-refractivity contribution is -0.127. The van der Waals surface area contributed by atoms with E-state index in [1.54, 1.807) is 12.0 Å². The summed E-state index contributed by atoms with van der Waals surface area (Å²) in [5.41, 5.74) is 1.80. The maximum absolute atomic E-state index is 12.7. The van der Waals surface area contributed by atoms with Gasteiger partial charge in [-0.2, -0.15) is 0 Å². The number of rotatable bonds is 4. The fourth-order valence-corrected chi connectivity index (χ4v) is 3.66. The van der Waals surface area contributed by atoms with Crippen molar-refractivity contribution < 1.29 is 14.3 Å². The van der Waals surface area contributed by atoms with Gasteiger partial charge in [0.25, 0.3) is 0 Å². The van der Waals surface area contributed by atoms with Crippen LogP contribution in [0.4, 0.5) is 5.69 Å². The Labute approximate surface area is 148 Å². The molecule has 6 nitrogen and oxygen atoms in total. The average Bonchev–Trinajstić information content (AvgIpc) is 2.98. The van der Waals surface area contributed by atoms with Crippen LogP contribution >= 0.6 is 0 Å². The van der Waals surface area contributed by atoms with Crippen LogP contribution in [0.15, 0.2) is 18.2 Å². The van der Waals surface area contributed by atoms with E-state index in [9.17, 15) is 9.59 Å². The summed E-state index contributed by atoms with van der Waals surface area (Å²) in [6, 6.07) is 5.94. The zero-order valence-electron chi connectivity index (χ0n) is 15.2. The molecule has 2 N–H and O–H groups in total. The molecule has 0 aromatic heterocycles. The average molecular weight is 345 g/mol. The van der Waals surface area contributed by atoms with E-state index in [0.717, 1.165) is 30.8 Å². The van der Waals surface area contributed by atoms with Gasteiger partial charge in [0.05, 0.1) is 18.7 Å². The van der Waals surface area contributed by atoms with Crippen LogP contribution in [0.5, 0.6) is 5.75 Å². The molecule has 0 saturated carbocycles. The molecular weight excluding hydrogens is 318 g/mol. The number of amides is 2. The second-order valence-corrected chi connectivity index (χ2v) is 7.17. The molecule has 2 fully saturated rings. The monoisotopic (exact) mass is 345 g/mol. The SMILES string of the molecule is COc1ccc(C)cc1N1CC(C(=O)NC2CCNCC2C)CC1=O. The highest BCUT2D eigenvalue weighted by Gasteiger charge is 2.37. The van der Waals surface area contributed by atoms with Gasteiger partial charge in [0.2, 0.25) is 11.8 Å². The first kappa shape index (κ1) is 17.7. The number of piperidine rings is 1. The standard InChI is InChI=1S/C19H27N3O3/c1-12-4-5-17(25-3)16(8-12)22-11-14(9-18(22)23)19(24)21-15-6-7-20-10-13(15)2/h4-5,8,13-15,20H,6-7,9-11H2,1-3H3,(H,21,24). The van der Waals surface area contributed by atoms with Gasteiger partial charge in [0.1, 0.15) is 5.75 Å². The van der Waals surface area contributed by atoms with Crippen LogP contribution in [0.2, 0.25) is 0 Å². The molecule has 25 heavy (non-hydrogen) atoms. The fourth-order valence-electron chi connectivity index (χ4n) is 3.66. The second kappa shape index (κ2) is 7.44. The largest absolute Gasteiger partial charge is 0.495 e. The molecular formula is C19H27N3O3. The molecule has 2 aliphatic rings. The van der Waals surface area contributed by atoms with Crippen molar-refractivity contribution in [3.8, 4) is 5.75 Å². The third-order valence-electron chi connectivity index (χ3n) is 5.23. The summed E-state index contributed by atoms with van der Waals surface area (Å²) in [6.45, 7) is 6.36. The van der Waals surface area contributed by atoms with Gasteiger partial charge < -0.3 is 20.3 Å². The van der Waals surface area contributed by atoms with E-state index >= 15 is 0 Å². The Bertz CT molecular complexity index is 661. The molecule has 3 unspecified atom stereocenters. The first-order chi connectivity index (χ1) is 12.0. The van der Waals surface area contributed by atoms with Gasteiger partial charge in [-0.05, 0) is 50.0 Å². The van der Waals surface area contributed by atoms with E-state index in [2.05, 4.69) is 17.6 Å². The highest BCUT2D eigenvalue weighted by molar-refractivity contribution is 6.01. The van der Waals surface area contributed by atoms with Crippen molar-refractivity contribution in [1.29, 1.82) is 0 Å². The van der Waals surface area contributed by atoms with Crippen LogP contribution in [0.3, 0.4) is 0 Å².